The van der Waals surface area contributed by atoms with Crippen LogP contribution in [0, 0.1) is 0 Å². The van der Waals surface area contributed by atoms with Crippen molar-refractivity contribution in [2.45, 2.75) is 25.3 Å². The molecule has 0 saturated carbocycles. The second-order valence-electron chi connectivity index (χ2n) is 5.18. The first-order valence-corrected chi connectivity index (χ1v) is 6.15. The summed E-state index contributed by atoms with van der Waals surface area (Å²) < 4.78 is 0. The molecular formula is C14H20N2O. The van der Waals surface area contributed by atoms with E-state index in [-0.39, 0.29) is 11.4 Å². The molecule has 0 spiro atoms. The van der Waals surface area contributed by atoms with Crippen LogP contribution in [-0.4, -0.2) is 36.5 Å². The molecule has 0 atom stereocenters. The molecule has 1 saturated heterocycles. The standard InChI is InChI=1S/C14H20N2O/c1-14(8-10-16(2)11-9-14)15-13(17)12-6-4-3-5-7-12/h3-7H,8-11H2,1-2H3,(H,15,17). The van der Waals surface area contributed by atoms with Crippen molar-refractivity contribution < 1.29 is 4.79 Å². The molecule has 3 nitrogen and oxygen atoms in total. The molecule has 3 heteroatoms. The highest BCUT2D eigenvalue weighted by atomic mass is 16.1. The van der Waals surface area contributed by atoms with Gasteiger partial charge in [-0.1, -0.05) is 18.2 Å². The number of piperidine rings is 1. The molecule has 2 rings (SSSR count). The van der Waals surface area contributed by atoms with Crippen LogP contribution in [0.3, 0.4) is 0 Å². The third-order valence-corrected chi connectivity index (χ3v) is 3.54. The van der Waals surface area contributed by atoms with Crippen LogP contribution >= 0.6 is 0 Å². The molecule has 17 heavy (non-hydrogen) atoms. The van der Waals surface area contributed by atoms with E-state index in [1.165, 1.54) is 0 Å². The van der Waals surface area contributed by atoms with Crippen molar-refractivity contribution in [3.63, 3.8) is 0 Å². The van der Waals surface area contributed by atoms with Gasteiger partial charge < -0.3 is 10.2 Å². The summed E-state index contributed by atoms with van der Waals surface area (Å²) in [6.45, 7) is 4.23. The minimum atomic E-state index is -0.0561. The zero-order valence-corrected chi connectivity index (χ0v) is 10.6. The van der Waals surface area contributed by atoms with Gasteiger partial charge in [0.1, 0.15) is 0 Å². The Morgan fingerprint density at radius 1 is 1.24 bits per heavy atom. The number of likely N-dealkylation sites (tertiary alicyclic amines) is 1. The number of hydrogen-bond acceptors (Lipinski definition) is 2. The molecule has 1 fully saturated rings. The van der Waals surface area contributed by atoms with Gasteiger partial charge in [0.05, 0.1) is 0 Å². The van der Waals surface area contributed by atoms with Gasteiger partial charge in [0.25, 0.3) is 5.91 Å². The van der Waals surface area contributed by atoms with Gasteiger partial charge in [-0.05, 0) is 38.9 Å². The Hall–Kier alpha value is -1.35. The van der Waals surface area contributed by atoms with Gasteiger partial charge in [-0.2, -0.15) is 0 Å². The van der Waals surface area contributed by atoms with Crippen molar-refractivity contribution in [2.75, 3.05) is 20.1 Å². The van der Waals surface area contributed by atoms with E-state index in [1.54, 1.807) is 0 Å². The zero-order valence-electron chi connectivity index (χ0n) is 10.6. The fourth-order valence-corrected chi connectivity index (χ4v) is 2.17. The van der Waals surface area contributed by atoms with Gasteiger partial charge in [-0.3, -0.25) is 4.79 Å². The third-order valence-electron chi connectivity index (χ3n) is 3.54. The van der Waals surface area contributed by atoms with Gasteiger partial charge in [-0.25, -0.2) is 0 Å². The largest absolute Gasteiger partial charge is 0.347 e. The minimum Gasteiger partial charge on any atom is -0.347 e. The molecular weight excluding hydrogens is 212 g/mol. The SMILES string of the molecule is CN1CCC(C)(NC(=O)c2ccccc2)CC1. The normalized spacial score (nSPS) is 19.9. The predicted molar refractivity (Wildman–Crippen MR) is 69.0 cm³/mol. The molecule has 92 valence electrons. The van der Waals surface area contributed by atoms with Crippen molar-refractivity contribution >= 4 is 5.91 Å². The van der Waals surface area contributed by atoms with E-state index >= 15 is 0 Å². The first kappa shape index (κ1) is 12.1. The highest BCUT2D eigenvalue weighted by Crippen LogP contribution is 2.21. The van der Waals surface area contributed by atoms with E-state index in [4.69, 9.17) is 0 Å². The molecule has 0 unspecified atom stereocenters. The van der Waals surface area contributed by atoms with Gasteiger partial charge in [0.2, 0.25) is 0 Å². The number of rotatable bonds is 2. The number of carbonyl (C=O) groups excluding carboxylic acids is 1. The van der Waals surface area contributed by atoms with Crippen LogP contribution in [0.15, 0.2) is 30.3 Å². The summed E-state index contributed by atoms with van der Waals surface area (Å²) in [5.41, 5.74) is 0.687. The van der Waals surface area contributed by atoms with Crippen molar-refractivity contribution in [3.05, 3.63) is 35.9 Å². The summed E-state index contributed by atoms with van der Waals surface area (Å²) in [5.74, 6) is 0.0395. The lowest BCUT2D eigenvalue weighted by Crippen LogP contribution is -2.52. The van der Waals surface area contributed by atoms with Gasteiger partial charge >= 0.3 is 0 Å². The number of amides is 1. The van der Waals surface area contributed by atoms with Gasteiger partial charge in [0.15, 0.2) is 0 Å². The molecule has 1 aromatic carbocycles. The van der Waals surface area contributed by atoms with E-state index < -0.39 is 0 Å². The third kappa shape index (κ3) is 3.07. The molecule has 0 bridgehead atoms. The second kappa shape index (κ2) is 4.88. The van der Waals surface area contributed by atoms with Crippen molar-refractivity contribution in [2.24, 2.45) is 0 Å². The highest BCUT2D eigenvalue weighted by molar-refractivity contribution is 5.94. The monoisotopic (exact) mass is 232 g/mol. The molecule has 0 radical (unpaired) electrons. The zero-order chi connectivity index (χ0) is 12.3. The average molecular weight is 232 g/mol. The Bertz CT molecular complexity index is 380. The van der Waals surface area contributed by atoms with Crippen LogP contribution in [0.25, 0.3) is 0 Å². The molecule has 1 aliphatic heterocycles. The smallest absolute Gasteiger partial charge is 0.251 e. The number of benzene rings is 1. The van der Waals surface area contributed by atoms with E-state index in [2.05, 4.69) is 24.2 Å². The quantitative estimate of drug-likeness (QED) is 0.844. The molecule has 0 aliphatic carbocycles. The number of hydrogen-bond donors (Lipinski definition) is 1. The number of nitrogens with zero attached hydrogens (tertiary/aromatic N) is 1. The molecule has 1 heterocycles. The lowest BCUT2D eigenvalue weighted by atomic mass is 9.89. The topological polar surface area (TPSA) is 32.3 Å². The summed E-state index contributed by atoms with van der Waals surface area (Å²) in [6.07, 6.45) is 2.03. The highest BCUT2D eigenvalue weighted by Gasteiger charge is 2.30. The van der Waals surface area contributed by atoms with E-state index in [0.717, 1.165) is 31.5 Å². The predicted octanol–water partition coefficient (Wildman–Crippen LogP) is 1.90. The van der Waals surface area contributed by atoms with Crippen LogP contribution in [-0.2, 0) is 0 Å². The van der Waals surface area contributed by atoms with Gasteiger partial charge in [0, 0.05) is 24.2 Å². The van der Waals surface area contributed by atoms with Crippen molar-refractivity contribution in [1.82, 2.24) is 10.2 Å². The van der Waals surface area contributed by atoms with Crippen LogP contribution in [0.4, 0.5) is 0 Å². The Labute approximate surface area is 103 Å². The minimum absolute atomic E-state index is 0.0395. The van der Waals surface area contributed by atoms with E-state index in [1.807, 2.05) is 30.3 Å². The lowest BCUT2D eigenvalue weighted by Gasteiger charge is -2.38. The second-order valence-corrected chi connectivity index (χ2v) is 5.18. The van der Waals surface area contributed by atoms with Crippen LogP contribution in [0.5, 0.6) is 0 Å². The summed E-state index contributed by atoms with van der Waals surface area (Å²) in [6, 6.07) is 9.42. The van der Waals surface area contributed by atoms with Crippen molar-refractivity contribution in [3.8, 4) is 0 Å². The molecule has 1 amide bonds. The fraction of sp³-hybridized carbons (Fsp3) is 0.500. The fourth-order valence-electron chi connectivity index (χ4n) is 2.17. The molecule has 1 aromatic rings. The van der Waals surface area contributed by atoms with Crippen LogP contribution < -0.4 is 5.32 Å². The summed E-state index contributed by atoms with van der Waals surface area (Å²) in [4.78, 5) is 14.4. The van der Waals surface area contributed by atoms with Crippen LogP contribution in [0.2, 0.25) is 0 Å². The van der Waals surface area contributed by atoms with Gasteiger partial charge in [-0.15, -0.1) is 0 Å². The van der Waals surface area contributed by atoms with Crippen molar-refractivity contribution in [1.29, 1.82) is 0 Å². The number of nitrogens with one attached hydrogen (secondary N) is 1. The first-order valence-electron chi connectivity index (χ1n) is 6.15. The van der Waals surface area contributed by atoms with E-state index in [0.29, 0.717) is 0 Å². The summed E-state index contributed by atoms with van der Waals surface area (Å²) in [5, 5.41) is 3.17. The average Bonchev–Trinajstić information content (AvgIpc) is 2.34. The molecule has 0 aromatic heterocycles. The Kier molecular flexibility index (Phi) is 3.48. The summed E-state index contributed by atoms with van der Waals surface area (Å²) >= 11 is 0. The lowest BCUT2D eigenvalue weighted by molar-refractivity contribution is 0.0852. The maximum absolute atomic E-state index is 12.1. The Morgan fingerprint density at radius 3 is 2.41 bits per heavy atom. The number of carbonyl (C=O) groups is 1. The van der Waals surface area contributed by atoms with Crippen LogP contribution in [0.1, 0.15) is 30.1 Å². The maximum atomic E-state index is 12.1. The Morgan fingerprint density at radius 2 is 1.82 bits per heavy atom. The van der Waals surface area contributed by atoms with E-state index in [9.17, 15) is 4.79 Å². The summed E-state index contributed by atoms with van der Waals surface area (Å²) in [7, 11) is 2.12. The Balaban J connectivity index is 1.99. The molecule has 1 aliphatic rings. The first-order chi connectivity index (χ1) is 8.09. The maximum Gasteiger partial charge on any atom is 0.251 e. The molecule has 1 N–H and O–H groups in total.